The lowest BCUT2D eigenvalue weighted by Gasteiger charge is -2.09. The molecule has 0 unspecified atom stereocenters. The van der Waals surface area contributed by atoms with E-state index in [0.29, 0.717) is 5.56 Å². The minimum absolute atomic E-state index is 0.0405. The molecule has 0 amide bonds. The minimum atomic E-state index is -0.830. The molecule has 1 aromatic heterocycles. The van der Waals surface area contributed by atoms with E-state index in [1.54, 1.807) is 6.92 Å². The Morgan fingerprint density at radius 2 is 2.05 bits per heavy atom. The number of pyridine rings is 1. The molecule has 0 radical (unpaired) electrons. The topological polar surface area (TPSA) is 85.2 Å². The van der Waals surface area contributed by atoms with Crippen molar-refractivity contribution in [3.05, 3.63) is 56.2 Å². The van der Waals surface area contributed by atoms with Gasteiger partial charge in [-0.3, -0.25) is 14.9 Å². The molecule has 6 nitrogen and oxygen atoms in total. The number of nitrogens with zero attached hydrogens (tertiary/aromatic N) is 1. The normalized spacial score (nSPS) is 10.3. The van der Waals surface area contributed by atoms with E-state index in [4.69, 9.17) is 4.74 Å². The number of hydrogen-bond acceptors (Lipinski definition) is 4. The van der Waals surface area contributed by atoms with Gasteiger partial charge in [0.25, 0.3) is 0 Å². The van der Waals surface area contributed by atoms with E-state index in [1.807, 2.05) is 0 Å². The van der Waals surface area contributed by atoms with Crippen LogP contribution in [0.4, 0.5) is 10.1 Å². The Balaban J connectivity index is 2.76. The molecule has 2 aromatic rings. The third kappa shape index (κ3) is 2.25. The van der Waals surface area contributed by atoms with Crippen molar-refractivity contribution in [3.63, 3.8) is 0 Å². The summed E-state index contributed by atoms with van der Waals surface area (Å²) in [6.07, 6.45) is 1.28. The predicted octanol–water partition coefficient (Wildman–Crippen LogP) is 2.41. The molecule has 0 aliphatic rings. The molecule has 1 aromatic carbocycles. The molecule has 0 saturated carbocycles. The van der Waals surface area contributed by atoms with Gasteiger partial charge in [-0.15, -0.1) is 0 Å². The van der Waals surface area contributed by atoms with E-state index in [2.05, 4.69) is 4.98 Å². The first-order valence-corrected chi connectivity index (χ1v) is 5.66. The fourth-order valence-corrected chi connectivity index (χ4v) is 1.97. The number of aryl methyl sites for hydroxylation is 1. The number of halogens is 1. The van der Waals surface area contributed by atoms with Gasteiger partial charge in [0.15, 0.2) is 11.6 Å². The number of H-pyrrole nitrogens is 1. The fourth-order valence-electron chi connectivity index (χ4n) is 1.97. The van der Waals surface area contributed by atoms with Gasteiger partial charge in [-0.1, -0.05) is 0 Å². The van der Waals surface area contributed by atoms with Crippen molar-refractivity contribution in [2.75, 3.05) is 7.11 Å². The van der Waals surface area contributed by atoms with Crippen LogP contribution < -0.4 is 10.3 Å². The molecule has 0 atom stereocenters. The quantitative estimate of drug-likeness (QED) is 0.690. The van der Waals surface area contributed by atoms with Crippen molar-refractivity contribution in [1.29, 1.82) is 0 Å². The Kier molecular flexibility index (Phi) is 3.51. The second-order valence-electron chi connectivity index (χ2n) is 4.13. The van der Waals surface area contributed by atoms with Gasteiger partial charge in [-0.25, -0.2) is 4.39 Å². The van der Waals surface area contributed by atoms with Crippen LogP contribution in [0.2, 0.25) is 0 Å². The highest BCUT2D eigenvalue weighted by molar-refractivity contribution is 5.75. The van der Waals surface area contributed by atoms with Crippen molar-refractivity contribution in [2.24, 2.45) is 0 Å². The van der Waals surface area contributed by atoms with Crippen LogP contribution in [0.15, 0.2) is 29.2 Å². The van der Waals surface area contributed by atoms with Crippen LogP contribution in [-0.4, -0.2) is 17.0 Å². The average Bonchev–Trinajstić information content (AvgIpc) is 2.40. The third-order valence-corrected chi connectivity index (χ3v) is 2.91. The number of aromatic amines is 1. The molecule has 1 heterocycles. The Labute approximate surface area is 113 Å². The Morgan fingerprint density at radius 1 is 1.35 bits per heavy atom. The van der Waals surface area contributed by atoms with Gasteiger partial charge in [-0.05, 0) is 36.2 Å². The fraction of sp³-hybridized carbons (Fsp3) is 0.154. The lowest BCUT2D eigenvalue weighted by atomic mass is 9.99. The van der Waals surface area contributed by atoms with Crippen LogP contribution >= 0.6 is 0 Å². The van der Waals surface area contributed by atoms with Crippen LogP contribution in [0, 0.1) is 22.9 Å². The van der Waals surface area contributed by atoms with Gasteiger partial charge in [0, 0.05) is 6.20 Å². The summed E-state index contributed by atoms with van der Waals surface area (Å²) in [6, 6.07) is 3.92. The Morgan fingerprint density at radius 3 is 2.65 bits per heavy atom. The van der Waals surface area contributed by atoms with Gasteiger partial charge in [-0.2, -0.15) is 0 Å². The molecule has 1 N–H and O–H groups in total. The van der Waals surface area contributed by atoms with Gasteiger partial charge in [0.05, 0.1) is 17.6 Å². The van der Waals surface area contributed by atoms with Crippen LogP contribution in [0.25, 0.3) is 11.1 Å². The molecular weight excluding hydrogens is 267 g/mol. The van der Waals surface area contributed by atoms with Crippen LogP contribution in [0.1, 0.15) is 5.56 Å². The number of nitrogens with one attached hydrogen (secondary N) is 1. The van der Waals surface area contributed by atoms with E-state index in [0.717, 1.165) is 6.07 Å². The number of benzene rings is 1. The second kappa shape index (κ2) is 5.12. The SMILES string of the molecule is COc1cc(C)c(-c2cc[nH]c(=O)c2[N+](=O)[O-])cc1F. The summed E-state index contributed by atoms with van der Waals surface area (Å²) < 4.78 is 18.6. The maximum Gasteiger partial charge on any atom is 0.341 e. The number of nitro groups is 1. The Hall–Kier alpha value is -2.70. The molecule has 0 aliphatic heterocycles. The number of ether oxygens (including phenoxy) is 1. The zero-order valence-electron chi connectivity index (χ0n) is 10.8. The molecule has 2 rings (SSSR count). The monoisotopic (exact) mass is 278 g/mol. The minimum Gasteiger partial charge on any atom is -0.494 e. The average molecular weight is 278 g/mol. The summed E-state index contributed by atoms with van der Waals surface area (Å²) in [5.74, 6) is -0.610. The summed E-state index contributed by atoms with van der Waals surface area (Å²) in [7, 11) is 1.33. The van der Waals surface area contributed by atoms with Crippen molar-refractivity contribution in [1.82, 2.24) is 4.98 Å². The smallest absolute Gasteiger partial charge is 0.341 e. The maximum absolute atomic E-state index is 13.8. The van der Waals surface area contributed by atoms with Crippen molar-refractivity contribution in [3.8, 4) is 16.9 Å². The Bertz CT molecular complexity index is 740. The first-order chi connectivity index (χ1) is 9.45. The lowest BCUT2D eigenvalue weighted by molar-refractivity contribution is -0.385. The number of methoxy groups -OCH3 is 1. The van der Waals surface area contributed by atoms with Gasteiger partial charge in [0.1, 0.15) is 0 Å². The van der Waals surface area contributed by atoms with Crippen LogP contribution in [-0.2, 0) is 0 Å². The number of hydrogen-bond donors (Lipinski definition) is 1. The lowest BCUT2D eigenvalue weighted by Crippen LogP contribution is -2.12. The number of rotatable bonds is 3. The third-order valence-electron chi connectivity index (χ3n) is 2.91. The molecule has 104 valence electrons. The second-order valence-corrected chi connectivity index (χ2v) is 4.13. The zero-order valence-corrected chi connectivity index (χ0v) is 10.8. The molecule has 0 spiro atoms. The first-order valence-electron chi connectivity index (χ1n) is 5.66. The van der Waals surface area contributed by atoms with E-state index < -0.39 is 22.0 Å². The number of aromatic nitrogens is 1. The highest BCUT2D eigenvalue weighted by Gasteiger charge is 2.22. The van der Waals surface area contributed by atoms with Crippen molar-refractivity contribution < 1.29 is 14.1 Å². The van der Waals surface area contributed by atoms with Gasteiger partial charge < -0.3 is 9.72 Å². The van der Waals surface area contributed by atoms with Crippen LogP contribution in [0.3, 0.4) is 0 Å². The highest BCUT2D eigenvalue weighted by Crippen LogP contribution is 2.32. The van der Waals surface area contributed by atoms with Crippen LogP contribution in [0.5, 0.6) is 5.75 Å². The molecule has 0 bridgehead atoms. The summed E-state index contributed by atoms with van der Waals surface area (Å²) in [5, 5.41) is 11.0. The van der Waals surface area contributed by atoms with Crippen molar-refractivity contribution >= 4 is 5.69 Å². The predicted molar refractivity (Wildman–Crippen MR) is 70.4 cm³/mol. The zero-order chi connectivity index (χ0) is 14.9. The molecular formula is C13H11FN2O4. The summed E-state index contributed by atoms with van der Waals surface area (Å²) >= 11 is 0. The summed E-state index contributed by atoms with van der Waals surface area (Å²) in [4.78, 5) is 24.0. The summed E-state index contributed by atoms with van der Waals surface area (Å²) in [5.41, 5.74) is -0.529. The van der Waals surface area contributed by atoms with E-state index in [-0.39, 0.29) is 16.9 Å². The molecule has 7 heteroatoms. The van der Waals surface area contributed by atoms with E-state index in [1.165, 1.54) is 25.4 Å². The van der Waals surface area contributed by atoms with Gasteiger partial charge >= 0.3 is 11.2 Å². The first kappa shape index (κ1) is 13.7. The highest BCUT2D eigenvalue weighted by atomic mass is 19.1. The molecule has 0 fully saturated rings. The molecule has 0 saturated heterocycles. The van der Waals surface area contributed by atoms with E-state index >= 15 is 0 Å². The van der Waals surface area contributed by atoms with Crippen molar-refractivity contribution in [2.45, 2.75) is 6.92 Å². The summed E-state index contributed by atoms with van der Waals surface area (Å²) in [6.45, 7) is 1.65. The molecule has 0 aliphatic carbocycles. The van der Waals surface area contributed by atoms with E-state index in [9.17, 15) is 19.3 Å². The largest absolute Gasteiger partial charge is 0.494 e. The molecule has 20 heavy (non-hydrogen) atoms. The van der Waals surface area contributed by atoms with Gasteiger partial charge in [0.2, 0.25) is 0 Å². The maximum atomic E-state index is 13.8. The standard InChI is InChI=1S/C13H11FN2O4/c1-7-5-11(20-2)10(14)6-9(7)8-3-4-15-13(17)12(8)16(18)19/h3-6H,1-2H3,(H,15,17).